The standard InChI is InChI=1S/C17H20ClNO2/c1-11(2)17(13-4-6-14(18)7-5-13)19-10-12-3-8-15(20)16(21)9-12/h3-9,11,17,19-21H,10H2,1-2H3. The molecule has 1 unspecified atom stereocenters. The summed E-state index contributed by atoms with van der Waals surface area (Å²) in [6.45, 7) is 4.92. The number of rotatable bonds is 5. The molecule has 1 atom stereocenters. The summed E-state index contributed by atoms with van der Waals surface area (Å²) in [5.74, 6) is 0.218. The second kappa shape index (κ2) is 6.83. The smallest absolute Gasteiger partial charge is 0.157 e. The molecule has 0 bridgehead atoms. The Hall–Kier alpha value is -1.71. The summed E-state index contributed by atoms with van der Waals surface area (Å²) < 4.78 is 0. The molecular formula is C17H20ClNO2. The normalized spacial score (nSPS) is 12.6. The molecule has 0 aliphatic heterocycles. The Kier molecular flexibility index (Phi) is 5.10. The summed E-state index contributed by atoms with van der Waals surface area (Å²) in [7, 11) is 0. The van der Waals surface area contributed by atoms with E-state index < -0.39 is 0 Å². The second-order valence-corrected chi connectivity index (χ2v) is 5.91. The number of hydrogen-bond donors (Lipinski definition) is 3. The first-order valence-electron chi connectivity index (χ1n) is 6.97. The number of hydrogen-bond acceptors (Lipinski definition) is 3. The van der Waals surface area contributed by atoms with Gasteiger partial charge in [-0.15, -0.1) is 0 Å². The van der Waals surface area contributed by atoms with Crippen LogP contribution in [0, 0.1) is 5.92 Å². The van der Waals surface area contributed by atoms with E-state index >= 15 is 0 Å². The van der Waals surface area contributed by atoms with Crippen LogP contribution in [0.1, 0.15) is 31.0 Å². The Morgan fingerprint density at radius 2 is 1.67 bits per heavy atom. The molecule has 2 aromatic rings. The lowest BCUT2D eigenvalue weighted by Gasteiger charge is -2.23. The van der Waals surface area contributed by atoms with Crippen molar-refractivity contribution in [3.63, 3.8) is 0 Å². The summed E-state index contributed by atoms with van der Waals surface area (Å²) in [5, 5.41) is 23.1. The summed E-state index contributed by atoms with van der Waals surface area (Å²) in [4.78, 5) is 0. The fourth-order valence-corrected chi connectivity index (χ4v) is 2.44. The SMILES string of the molecule is CC(C)C(NCc1ccc(O)c(O)c1)c1ccc(Cl)cc1. The van der Waals surface area contributed by atoms with Gasteiger partial charge in [-0.05, 0) is 41.3 Å². The van der Waals surface area contributed by atoms with Crippen molar-refractivity contribution < 1.29 is 10.2 Å². The van der Waals surface area contributed by atoms with Gasteiger partial charge in [-0.1, -0.05) is 43.6 Å². The molecular weight excluding hydrogens is 286 g/mol. The largest absolute Gasteiger partial charge is 0.504 e. The van der Waals surface area contributed by atoms with Crippen LogP contribution < -0.4 is 5.32 Å². The van der Waals surface area contributed by atoms with E-state index in [9.17, 15) is 10.2 Å². The maximum atomic E-state index is 9.53. The lowest BCUT2D eigenvalue weighted by molar-refractivity contribution is 0.398. The number of benzene rings is 2. The molecule has 3 nitrogen and oxygen atoms in total. The highest BCUT2D eigenvalue weighted by atomic mass is 35.5. The summed E-state index contributed by atoms with van der Waals surface area (Å²) in [5.41, 5.74) is 2.10. The molecule has 0 spiro atoms. The van der Waals surface area contributed by atoms with E-state index in [1.165, 1.54) is 11.6 Å². The Balaban J connectivity index is 2.09. The van der Waals surface area contributed by atoms with Gasteiger partial charge in [-0.25, -0.2) is 0 Å². The zero-order valence-electron chi connectivity index (χ0n) is 12.2. The molecule has 112 valence electrons. The predicted octanol–water partition coefficient (Wildman–Crippen LogP) is 4.24. The summed E-state index contributed by atoms with van der Waals surface area (Å²) in [6.07, 6.45) is 0. The quantitative estimate of drug-likeness (QED) is 0.724. The van der Waals surface area contributed by atoms with E-state index in [0.717, 1.165) is 10.6 Å². The van der Waals surface area contributed by atoms with Crippen LogP contribution in [0.25, 0.3) is 0 Å². The van der Waals surface area contributed by atoms with Crippen molar-refractivity contribution >= 4 is 11.6 Å². The molecule has 21 heavy (non-hydrogen) atoms. The van der Waals surface area contributed by atoms with E-state index in [2.05, 4.69) is 19.2 Å². The van der Waals surface area contributed by atoms with Gasteiger partial charge in [-0.3, -0.25) is 0 Å². The Morgan fingerprint density at radius 1 is 1.00 bits per heavy atom. The van der Waals surface area contributed by atoms with Gasteiger partial charge in [0.1, 0.15) is 0 Å². The zero-order valence-corrected chi connectivity index (χ0v) is 12.9. The van der Waals surface area contributed by atoms with Crippen LogP contribution in [-0.2, 0) is 6.54 Å². The lowest BCUT2D eigenvalue weighted by atomic mass is 9.96. The van der Waals surface area contributed by atoms with Crippen LogP contribution >= 0.6 is 11.6 Å². The monoisotopic (exact) mass is 305 g/mol. The molecule has 0 amide bonds. The van der Waals surface area contributed by atoms with Gasteiger partial charge in [0.25, 0.3) is 0 Å². The molecule has 0 aromatic heterocycles. The third-order valence-electron chi connectivity index (χ3n) is 3.46. The van der Waals surface area contributed by atoms with Crippen LogP contribution in [0.5, 0.6) is 11.5 Å². The number of phenols is 2. The molecule has 2 rings (SSSR count). The maximum absolute atomic E-state index is 9.53. The van der Waals surface area contributed by atoms with Crippen molar-refractivity contribution in [1.82, 2.24) is 5.32 Å². The number of aromatic hydroxyl groups is 2. The fourth-order valence-electron chi connectivity index (χ4n) is 2.32. The molecule has 0 heterocycles. The first-order valence-corrected chi connectivity index (χ1v) is 7.35. The van der Waals surface area contributed by atoms with Gasteiger partial charge in [0.05, 0.1) is 0 Å². The van der Waals surface area contributed by atoms with E-state index in [0.29, 0.717) is 12.5 Å². The van der Waals surface area contributed by atoms with Crippen LogP contribution in [0.3, 0.4) is 0 Å². The van der Waals surface area contributed by atoms with Crippen molar-refractivity contribution in [2.45, 2.75) is 26.4 Å². The molecule has 0 saturated carbocycles. The van der Waals surface area contributed by atoms with Crippen LogP contribution in [-0.4, -0.2) is 10.2 Å². The Labute approximate surface area is 130 Å². The molecule has 0 aliphatic carbocycles. The molecule has 0 saturated heterocycles. The molecule has 0 fully saturated rings. The number of halogens is 1. The van der Waals surface area contributed by atoms with Crippen molar-refractivity contribution in [2.75, 3.05) is 0 Å². The number of phenolic OH excluding ortho intramolecular Hbond substituents is 2. The van der Waals surface area contributed by atoms with E-state index in [1.807, 2.05) is 24.3 Å². The van der Waals surface area contributed by atoms with Gasteiger partial charge < -0.3 is 15.5 Å². The van der Waals surface area contributed by atoms with Crippen LogP contribution in [0.15, 0.2) is 42.5 Å². The average Bonchev–Trinajstić information content (AvgIpc) is 2.44. The van der Waals surface area contributed by atoms with E-state index in [1.54, 1.807) is 12.1 Å². The van der Waals surface area contributed by atoms with Crippen molar-refractivity contribution in [3.05, 3.63) is 58.6 Å². The van der Waals surface area contributed by atoms with Crippen molar-refractivity contribution in [2.24, 2.45) is 5.92 Å². The highest BCUT2D eigenvalue weighted by molar-refractivity contribution is 6.30. The van der Waals surface area contributed by atoms with Crippen LogP contribution in [0.4, 0.5) is 0 Å². The van der Waals surface area contributed by atoms with Gasteiger partial charge in [0.2, 0.25) is 0 Å². The van der Waals surface area contributed by atoms with Gasteiger partial charge in [0, 0.05) is 17.6 Å². The second-order valence-electron chi connectivity index (χ2n) is 5.48. The lowest BCUT2D eigenvalue weighted by Crippen LogP contribution is -2.25. The van der Waals surface area contributed by atoms with E-state index in [-0.39, 0.29) is 17.5 Å². The predicted molar refractivity (Wildman–Crippen MR) is 85.6 cm³/mol. The summed E-state index contributed by atoms with van der Waals surface area (Å²) >= 11 is 5.93. The third kappa shape index (κ3) is 4.13. The summed E-state index contributed by atoms with van der Waals surface area (Å²) in [6, 6.07) is 12.9. The van der Waals surface area contributed by atoms with Gasteiger partial charge in [-0.2, -0.15) is 0 Å². The molecule has 0 aliphatic rings. The Bertz CT molecular complexity index is 596. The minimum Gasteiger partial charge on any atom is -0.504 e. The third-order valence-corrected chi connectivity index (χ3v) is 3.71. The molecule has 2 aromatic carbocycles. The molecule has 3 N–H and O–H groups in total. The molecule has 4 heteroatoms. The minimum atomic E-state index is -0.100. The van der Waals surface area contributed by atoms with Gasteiger partial charge >= 0.3 is 0 Å². The highest BCUT2D eigenvalue weighted by Gasteiger charge is 2.15. The highest BCUT2D eigenvalue weighted by Crippen LogP contribution is 2.27. The van der Waals surface area contributed by atoms with Gasteiger partial charge in [0.15, 0.2) is 11.5 Å². The van der Waals surface area contributed by atoms with Crippen molar-refractivity contribution in [3.8, 4) is 11.5 Å². The average molecular weight is 306 g/mol. The first-order chi connectivity index (χ1) is 9.97. The topological polar surface area (TPSA) is 52.5 Å². The number of nitrogens with one attached hydrogen (secondary N) is 1. The van der Waals surface area contributed by atoms with Crippen molar-refractivity contribution in [1.29, 1.82) is 0 Å². The van der Waals surface area contributed by atoms with Crippen LogP contribution in [0.2, 0.25) is 5.02 Å². The van der Waals surface area contributed by atoms with E-state index in [4.69, 9.17) is 11.6 Å². The molecule has 0 radical (unpaired) electrons. The Morgan fingerprint density at radius 3 is 2.24 bits per heavy atom. The fraction of sp³-hybridized carbons (Fsp3) is 0.294. The zero-order chi connectivity index (χ0) is 15.4. The first kappa shape index (κ1) is 15.7. The minimum absolute atomic E-state index is 0.0955. The maximum Gasteiger partial charge on any atom is 0.157 e.